The fourth-order valence-corrected chi connectivity index (χ4v) is 1.45. The Hall–Kier alpha value is -2.05. The van der Waals surface area contributed by atoms with Gasteiger partial charge in [-0.1, -0.05) is 20.8 Å². The van der Waals surface area contributed by atoms with Gasteiger partial charge in [-0.15, -0.1) is 0 Å². The topological polar surface area (TPSA) is 104 Å². The average molecular weight is 269 g/mol. The molecule has 0 aliphatic rings. The fraction of sp³-hybridized carbons (Fsp3) is 0.583. The van der Waals surface area contributed by atoms with Crippen molar-refractivity contribution in [3.63, 3.8) is 0 Å². The summed E-state index contributed by atoms with van der Waals surface area (Å²) in [5.41, 5.74) is 0. The molecule has 0 saturated carbocycles. The summed E-state index contributed by atoms with van der Waals surface area (Å²) in [6.45, 7) is 5.50. The van der Waals surface area contributed by atoms with Crippen LogP contribution in [0.25, 0.3) is 0 Å². The van der Waals surface area contributed by atoms with Gasteiger partial charge in [-0.05, 0) is 5.92 Å². The first-order valence-electron chi connectivity index (χ1n) is 6.14. The Labute approximate surface area is 111 Å². The van der Waals surface area contributed by atoms with Gasteiger partial charge in [0.05, 0.1) is 12.7 Å². The van der Waals surface area contributed by atoms with Gasteiger partial charge in [0, 0.05) is 6.42 Å². The van der Waals surface area contributed by atoms with E-state index in [2.05, 4.69) is 15.6 Å². The van der Waals surface area contributed by atoms with Crippen LogP contribution in [-0.4, -0.2) is 28.1 Å². The van der Waals surface area contributed by atoms with E-state index in [1.807, 2.05) is 6.92 Å². The van der Waals surface area contributed by atoms with Crippen molar-refractivity contribution in [3.05, 3.63) is 17.8 Å². The fourth-order valence-electron chi connectivity index (χ4n) is 1.45. The number of carbonyl (C=O) groups excluding carboxylic acids is 1. The molecule has 2 amide bonds. The molecule has 3 N–H and O–H groups in total. The van der Waals surface area contributed by atoms with Crippen LogP contribution in [0.1, 0.15) is 32.4 Å². The summed E-state index contributed by atoms with van der Waals surface area (Å²) in [4.78, 5) is 26.5. The van der Waals surface area contributed by atoms with Crippen molar-refractivity contribution in [2.75, 3.05) is 0 Å². The van der Waals surface area contributed by atoms with Crippen LogP contribution in [0.15, 0.2) is 10.6 Å². The van der Waals surface area contributed by atoms with Crippen LogP contribution in [0.3, 0.4) is 0 Å². The van der Waals surface area contributed by atoms with Crippen LogP contribution in [0.4, 0.5) is 4.79 Å². The highest BCUT2D eigenvalue weighted by Crippen LogP contribution is 2.04. The second kappa shape index (κ2) is 6.77. The molecule has 0 aromatic carbocycles. The number of carboxylic acids is 1. The lowest BCUT2D eigenvalue weighted by atomic mass is 10.1. The molecule has 19 heavy (non-hydrogen) atoms. The van der Waals surface area contributed by atoms with Gasteiger partial charge >= 0.3 is 12.0 Å². The number of aromatic nitrogens is 1. The Morgan fingerprint density at radius 2 is 2.16 bits per heavy atom. The second-order valence-corrected chi connectivity index (χ2v) is 4.46. The lowest BCUT2D eigenvalue weighted by molar-refractivity contribution is -0.140. The number of hydrogen-bond donors (Lipinski definition) is 3. The Morgan fingerprint density at radius 1 is 1.47 bits per heavy atom. The SMILES string of the molecule is CCc1cnc(CNC(=O)NC(C(=O)O)C(C)C)o1. The minimum atomic E-state index is -1.06. The number of aliphatic carboxylic acids is 1. The molecule has 1 heterocycles. The van der Waals surface area contributed by atoms with Gasteiger partial charge in [-0.3, -0.25) is 0 Å². The average Bonchev–Trinajstić information content (AvgIpc) is 2.80. The lowest BCUT2D eigenvalue weighted by Crippen LogP contribution is -2.48. The predicted octanol–water partition coefficient (Wildman–Crippen LogP) is 1.15. The Kier molecular flexibility index (Phi) is 5.35. The van der Waals surface area contributed by atoms with Crippen LogP contribution < -0.4 is 10.6 Å². The van der Waals surface area contributed by atoms with Gasteiger partial charge in [-0.2, -0.15) is 0 Å². The predicted molar refractivity (Wildman–Crippen MR) is 67.5 cm³/mol. The molecule has 0 radical (unpaired) electrons. The summed E-state index contributed by atoms with van der Waals surface area (Å²) in [5, 5.41) is 13.8. The van der Waals surface area contributed by atoms with Crippen molar-refractivity contribution < 1.29 is 19.1 Å². The number of oxazole rings is 1. The number of carbonyl (C=O) groups is 2. The monoisotopic (exact) mass is 269 g/mol. The normalized spacial score (nSPS) is 12.2. The molecule has 7 heteroatoms. The van der Waals surface area contributed by atoms with Crippen molar-refractivity contribution in [2.24, 2.45) is 5.92 Å². The van der Waals surface area contributed by atoms with E-state index in [4.69, 9.17) is 9.52 Å². The molecular weight excluding hydrogens is 250 g/mol. The second-order valence-electron chi connectivity index (χ2n) is 4.46. The Bertz CT molecular complexity index is 442. The van der Waals surface area contributed by atoms with E-state index in [0.717, 1.165) is 12.2 Å². The zero-order chi connectivity index (χ0) is 14.4. The maximum atomic E-state index is 11.6. The number of urea groups is 1. The molecule has 1 aromatic rings. The number of aryl methyl sites for hydroxylation is 1. The van der Waals surface area contributed by atoms with Crippen molar-refractivity contribution in [1.29, 1.82) is 0 Å². The zero-order valence-electron chi connectivity index (χ0n) is 11.3. The first-order chi connectivity index (χ1) is 8.93. The largest absolute Gasteiger partial charge is 0.480 e. The third kappa shape index (κ3) is 4.61. The molecule has 7 nitrogen and oxygen atoms in total. The first-order valence-corrected chi connectivity index (χ1v) is 6.14. The zero-order valence-corrected chi connectivity index (χ0v) is 11.3. The van der Waals surface area contributed by atoms with Crippen molar-refractivity contribution in [1.82, 2.24) is 15.6 Å². The quantitative estimate of drug-likeness (QED) is 0.718. The molecule has 0 fully saturated rings. The maximum Gasteiger partial charge on any atom is 0.326 e. The van der Waals surface area contributed by atoms with E-state index in [9.17, 15) is 9.59 Å². The summed E-state index contributed by atoms with van der Waals surface area (Å²) < 4.78 is 5.31. The number of nitrogens with zero attached hydrogens (tertiary/aromatic N) is 1. The number of hydrogen-bond acceptors (Lipinski definition) is 4. The van der Waals surface area contributed by atoms with E-state index in [1.54, 1.807) is 20.0 Å². The van der Waals surface area contributed by atoms with E-state index < -0.39 is 18.0 Å². The van der Waals surface area contributed by atoms with E-state index in [1.165, 1.54) is 0 Å². The van der Waals surface area contributed by atoms with Gasteiger partial charge in [0.2, 0.25) is 5.89 Å². The van der Waals surface area contributed by atoms with E-state index in [-0.39, 0.29) is 12.5 Å². The molecule has 1 rings (SSSR count). The molecule has 106 valence electrons. The Balaban J connectivity index is 2.44. The molecule has 1 unspecified atom stereocenters. The molecule has 0 saturated heterocycles. The minimum Gasteiger partial charge on any atom is -0.480 e. The summed E-state index contributed by atoms with van der Waals surface area (Å²) in [6, 6.07) is -1.48. The summed E-state index contributed by atoms with van der Waals surface area (Å²) in [6.07, 6.45) is 2.33. The van der Waals surface area contributed by atoms with Gasteiger partial charge in [0.15, 0.2) is 0 Å². The summed E-state index contributed by atoms with van der Waals surface area (Å²) >= 11 is 0. The first kappa shape index (κ1) is 15.0. The highest BCUT2D eigenvalue weighted by Gasteiger charge is 2.23. The van der Waals surface area contributed by atoms with Crippen LogP contribution in [0.5, 0.6) is 0 Å². The highest BCUT2D eigenvalue weighted by molar-refractivity contribution is 5.82. The lowest BCUT2D eigenvalue weighted by Gasteiger charge is -2.17. The van der Waals surface area contributed by atoms with Crippen molar-refractivity contribution in [3.8, 4) is 0 Å². The van der Waals surface area contributed by atoms with Gasteiger partial charge in [0.1, 0.15) is 11.8 Å². The van der Waals surface area contributed by atoms with Crippen LogP contribution in [-0.2, 0) is 17.8 Å². The minimum absolute atomic E-state index is 0.121. The molecule has 1 aromatic heterocycles. The number of amides is 2. The van der Waals surface area contributed by atoms with Gasteiger partial charge in [-0.25, -0.2) is 14.6 Å². The smallest absolute Gasteiger partial charge is 0.326 e. The standard InChI is InChI=1S/C12H19N3O4/c1-4-8-5-13-9(19-8)6-14-12(18)15-10(7(2)3)11(16)17/h5,7,10H,4,6H2,1-3H3,(H,16,17)(H2,14,15,18). The van der Waals surface area contributed by atoms with Crippen molar-refractivity contribution >= 4 is 12.0 Å². The van der Waals surface area contributed by atoms with Gasteiger partial charge in [0.25, 0.3) is 0 Å². The molecule has 0 spiro atoms. The van der Waals surface area contributed by atoms with Gasteiger partial charge < -0.3 is 20.2 Å². The van der Waals surface area contributed by atoms with E-state index >= 15 is 0 Å². The molecule has 0 bridgehead atoms. The molecule has 0 aliphatic heterocycles. The molecular formula is C12H19N3O4. The van der Waals surface area contributed by atoms with Crippen LogP contribution in [0.2, 0.25) is 0 Å². The highest BCUT2D eigenvalue weighted by atomic mass is 16.4. The van der Waals surface area contributed by atoms with Crippen molar-refractivity contribution in [2.45, 2.75) is 39.8 Å². The number of nitrogens with one attached hydrogen (secondary N) is 2. The third-order valence-electron chi connectivity index (χ3n) is 2.57. The number of carboxylic acid groups (broad SMARTS) is 1. The van der Waals surface area contributed by atoms with Crippen LogP contribution in [0, 0.1) is 5.92 Å². The molecule has 0 aliphatic carbocycles. The maximum absolute atomic E-state index is 11.6. The van der Waals surface area contributed by atoms with Crippen LogP contribution >= 0.6 is 0 Å². The Morgan fingerprint density at radius 3 is 2.63 bits per heavy atom. The number of rotatable bonds is 6. The van der Waals surface area contributed by atoms with E-state index in [0.29, 0.717) is 5.89 Å². The molecule has 1 atom stereocenters. The summed E-state index contributed by atoms with van der Waals surface area (Å²) in [7, 11) is 0. The third-order valence-corrected chi connectivity index (χ3v) is 2.57. The summed E-state index contributed by atoms with van der Waals surface area (Å²) in [5.74, 6) is -0.127.